The van der Waals surface area contributed by atoms with Crippen LogP contribution in [0.4, 0.5) is 15.8 Å². The normalized spacial score (nSPS) is 20.6. The number of amides is 1. The number of anilines is 2. The van der Waals surface area contributed by atoms with Crippen LogP contribution in [0.25, 0.3) is 0 Å². The zero-order valence-electron chi connectivity index (χ0n) is 8.28. The van der Waals surface area contributed by atoms with E-state index in [0.717, 1.165) is 6.07 Å². The third kappa shape index (κ3) is 1.83. The molecule has 0 aliphatic carbocycles. The molecule has 1 saturated heterocycles. The second-order valence-corrected chi connectivity index (χ2v) is 4.09. The fraction of sp³-hybridized carbons (Fsp3) is 0.300. The van der Waals surface area contributed by atoms with E-state index < -0.39 is 11.9 Å². The summed E-state index contributed by atoms with van der Waals surface area (Å²) < 4.78 is 13.1. The molecule has 1 fully saturated rings. The second kappa shape index (κ2) is 3.92. The van der Waals surface area contributed by atoms with Crippen LogP contribution in [-0.4, -0.2) is 23.7 Å². The Hall–Kier alpha value is -1.33. The Kier molecular flexibility index (Phi) is 2.73. The van der Waals surface area contributed by atoms with E-state index in [1.165, 1.54) is 11.0 Å². The van der Waals surface area contributed by atoms with Crippen molar-refractivity contribution in [3.05, 3.63) is 23.0 Å². The standard InChI is InChI=1S/C10H10ClFN2O2/c11-6-2-9(8(13)3-7(6)12)14-4-5(15)1-10(14)16/h2-3,5,15H,1,4,13H2. The number of halogens is 2. The molecule has 16 heavy (non-hydrogen) atoms. The highest BCUT2D eigenvalue weighted by molar-refractivity contribution is 6.31. The van der Waals surface area contributed by atoms with Crippen LogP contribution in [0, 0.1) is 5.82 Å². The third-order valence-electron chi connectivity index (χ3n) is 2.47. The van der Waals surface area contributed by atoms with Crippen LogP contribution in [0.2, 0.25) is 5.02 Å². The van der Waals surface area contributed by atoms with Gasteiger partial charge >= 0.3 is 0 Å². The van der Waals surface area contributed by atoms with Crippen molar-refractivity contribution in [2.75, 3.05) is 17.2 Å². The predicted molar refractivity (Wildman–Crippen MR) is 58.8 cm³/mol. The molecular formula is C10H10ClFN2O2. The summed E-state index contributed by atoms with van der Waals surface area (Å²) in [6.45, 7) is 0.158. The Morgan fingerprint density at radius 2 is 2.25 bits per heavy atom. The van der Waals surface area contributed by atoms with Crippen LogP contribution in [0.15, 0.2) is 12.1 Å². The van der Waals surface area contributed by atoms with E-state index in [1.807, 2.05) is 0 Å². The molecule has 4 nitrogen and oxygen atoms in total. The third-order valence-corrected chi connectivity index (χ3v) is 2.75. The summed E-state index contributed by atoms with van der Waals surface area (Å²) in [4.78, 5) is 12.8. The number of carbonyl (C=O) groups is 1. The number of nitrogens with zero attached hydrogens (tertiary/aromatic N) is 1. The van der Waals surface area contributed by atoms with Gasteiger partial charge in [0, 0.05) is 6.07 Å². The van der Waals surface area contributed by atoms with Gasteiger partial charge in [-0.1, -0.05) is 11.6 Å². The lowest BCUT2D eigenvalue weighted by molar-refractivity contribution is -0.117. The fourth-order valence-corrected chi connectivity index (χ4v) is 1.86. The molecule has 1 aromatic carbocycles. The Labute approximate surface area is 96.4 Å². The van der Waals surface area contributed by atoms with Gasteiger partial charge in [0.1, 0.15) is 5.82 Å². The van der Waals surface area contributed by atoms with Crippen LogP contribution in [0.3, 0.4) is 0 Å². The number of carbonyl (C=O) groups excluding carboxylic acids is 1. The topological polar surface area (TPSA) is 66.6 Å². The van der Waals surface area contributed by atoms with Gasteiger partial charge in [-0.2, -0.15) is 0 Å². The average molecular weight is 245 g/mol. The van der Waals surface area contributed by atoms with Gasteiger partial charge in [-0.25, -0.2) is 4.39 Å². The van der Waals surface area contributed by atoms with E-state index in [2.05, 4.69) is 0 Å². The van der Waals surface area contributed by atoms with Crippen molar-refractivity contribution in [1.82, 2.24) is 0 Å². The number of nitrogen functional groups attached to an aromatic ring is 1. The zero-order valence-corrected chi connectivity index (χ0v) is 9.04. The lowest BCUT2D eigenvalue weighted by Crippen LogP contribution is -2.26. The van der Waals surface area contributed by atoms with Crippen LogP contribution in [-0.2, 0) is 4.79 Å². The zero-order chi connectivity index (χ0) is 11.9. The molecule has 1 atom stereocenters. The minimum atomic E-state index is -0.712. The van der Waals surface area contributed by atoms with E-state index in [-0.39, 0.29) is 29.6 Å². The predicted octanol–water partition coefficient (Wildman–Crippen LogP) is 1.16. The van der Waals surface area contributed by atoms with Crippen molar-refractivity contribution < 1.29 is 14.3 Å². The number of hydrogen-bond donors (Lipinski definition) is 2. The largest absolute Gasteiger partial charge is 0.397 e. The number of β-amino-alcohol motifs (C(OH)–C–C–N with tert-alkyl or cyclic N) is 1. The summed E-state index contributed by atoms with van der Waals surface area (Å²) in [5.74, 6) is -0.878. The molecular weight excluding hydrogens is 235 g/mol. The van der Waals surface area contributed by atoms with Crippen molar-refractivity contribution in [3.8, 4) is 0 Å². The number of nitrogens with two attached hydrogens (primary N) is 1. The van der Waals surface area contributed by atoms with Crippen molar-refractivity contribution >= 4 is 28.9 Å². The fourth-order valence-electron chi connectivity index (χ4n) is 1.71. The smallest absolute Gasteiger partial charge is 0.229 e. The van der Waals surface area contributed by atoms with Crippen LogP contribution >= 0.6 is 11.6 Å². The number of aliphatic hydroxyl groups is 1. The van der Waals surface area contributed by atoms with Crippen LogP contribution in [0.5, 0.6) is 0 Å². The van der Waals surface area contributed by atoms with Crippen LogP contribution < -0.4 is 10.6 Å². The minimum absolute atomic E-state index is 0.0500. The van der Waals surface area contributed by atoms with Gasteiger partial charge in [0.15, 0.2) is 0 Å². The number of hydrogen-bond acceptors (Lipinski definition) is 3. The second-order valence-electron chi connectivity index (χ2n) is 3.69. The number of aliphatic hydroxyl groups excluding tert-OH is 1. The Morgan fingerprint density at radius 3 is 2.81 bits per heavy atom. The van der Waals surface area contributed by atoms with E-state index >= 15 is 0 Å². The Bertz CT molecular complexity index is 453. The highest BCUT2D eigenvalue weighted by Gasteiger charge is 2.30. The minimum Gasteiger partial charge on any atom is -0.397 e. The summed E-state index contributed by atoms with van der Waals surface area (Å²) in [7, 11) is 0. The maximum atomic E-state index is 13.1. The maximum Gasteiger partial charge on any atom is 0.229 e. The molecule has 1 amide bonds. The van der Waals surface area contributed by atoms with Gasteiger partial charge in [-0.05, 0) is 6.07 Å². The van der Waals surface area contributed by atoms with E-state index in [9.17, 15) is 14.3 Å². The van der Waals surface area contributed by atoms with Gasteiger partial charge < -0.3 is 15.7 Å². The first-order chi connectivity index (χ1) is 7.49. The first kappa shape index (κ1) is 11.2. The van der Waals surface area contributed by atoms with Crippen molar-refractivity contribution in [1.29, 1.82) is 0 Å². The average Bonchev–Trinajstić information content (AvgIpc) is 2.51. The quantitative estimate of drug-likeness (QED) is 0.729. The molecule has 2 rings (SSSR count). The molecule has 3 N–H and O–H groups in total. The molecule has 0 spiro atoms. The lowest BCUT2D eigenvalue weighted by atomic mass is 10.2. The highest BCUT2D eigenvalue weighted by atomic mass is 35.5. The molecule has 0 saturated carbocycles. The van der Waals surface area contributed by atoms with E-state index in [4.69, 9.17) is 17.3 Å². The molecule has 1 heterocycles. The number of benzene rings is 1. The molecule has 1 aliphatic heterocycles. The molecule has 6 heteroatoms. The summed E-state index contributed by atoms with van der Waals surface area (Å²) in [6.07, 6.45) is -0.662. The van der Waals surface area contributed by atoms with Crippen molar-refractivity contribution in [2.24, 2.45) is 0 Å². The first-order valence-electron chi connectivity index (χ1n) is 4.72. The highest BCUT2D eigenvalue weighted by Crippen LogP contribution is 2.32. The molecule has 0 bridgehead atoms. The van der Waals surface area contributed by atoms with Gasteiger partial charge in [-0.3, -0.25) is 4.79 Å². The summed E-state index contributed by atoms with van der Waals surface area (Å²) >= 11 is 5.62. The molecule has 1 aromatic rings. The van der Waals surface area contributed by atoms with Gasteiger partial charge in [-0.15, -0.1) is 0 Å². The molecule has 0 aromatic heterocycles. The number of rotatable bonds is 1. The van der Waals surface area contributed by atoms with Crippen molar-refractivity contribution in [2.45, 2.75) is 12.5 Å². The molecule has 1 unspecified atom stereocenters. The van der Waals surface area contributed by atoms with Gasteiger partial charge in [0.05, 0.1) is 35.5 Å². The summed E-state index contributed by atoms with van der Waals surface area (Å²) in [5, 5.41) is 9.24. The monoisotopic (exact) mass is 244 g/mol. The van der Waals surface area contributed by atoms with E-state index in [0.29, 0.717) is 5.69 Å². The first-order valence-corrected chi connectivity index (χ1v) is 5.10. The summed E-state index contributed by atoms with van der Waals surface area (Å²) in [5.41, 5.74) is 6.07. The maximum absolute atomic E-state index is 13.1. The van der Waals surface area contributed by atoms with Gasteiger partial charge in [0.25, 0.3) is 0 Å². The van der Waals surface area contributed by atoms with Gasteiger partial charge in [0.2, 0.25) is 5.91 Å². The SMILES string of the molecule is Nc1cc(F)c(Cl)cc1N1CC(O)CC1=O. The Morgan fingerprint density at radius 1 is 1.56 bits per heavy atom. The summed E-state index contributed by atoms with van der Waals surface area (Å²) in [6, 6.07) is 2.36. The van der Waals surface area contributed by atoms with Crippen LogP contribution in [0.1, 0.15) is 6.42 Å². The van der Waals surface area contributed by atoms with Crippen molar-refractivity contribution in [3.63, 3.8) is 0 Å². The Balaban J connectivity index is 2.41. The lowest BCUT2D eigenvalue weighted by Gasteiger charge is -2.18. The molecule has 1 aliphatic rings. The molecule has 86 valence electrons. The molecule has 0 radical (unpaired) electrons. The van der Waals surface area contributed by atoms with E-state index in [1.54, 1.807) is 0 Å².